The highest BCUT2D eigenvalue weighted by Crippen LogP contribution is 2.68. The molecule has 0 aliphatic heterocycles. The van der Waals surface area contributed by atoms with Gasteiger partial charge in [0.1, 0.15) is 0 Å². The molecule has 3 heteroatoms. The molecule has 4 aliphatic rings. The van der Waals surface area contributed by atoms with E-state index in [1.54, 1.807) is 0 Å². The molecule has 0 aromatic carbocycles. The normalized spacial score (nSPS) is 48.0. The fraction of sp³-hybridized carbons (Fsp3) is 1.00. The average Bonchev–Trinajstić information content (AvgIpc) is 3.05. The van der Waals surface area contributed by atoms with Crippen molar-refractivity contribution in [2.75, 3.05) is 0 Å². The van der Waals surface area contributed by atoms with Crippen LogP contribution in [0.4, 0.5) is 0 Å². The molecule has 4 fully saturated rings. The van der Waals surface area contributed by atoms with E-state index >= 15 is 0 Å². The summed E-state index contributed by atoms with van der Waals surface area (Å²) in [5.41, 5.74) is 1.11. The first-order chi connectivity index (χ1) is 14.2. The van der Waals surface area contributed by atoms with Crippen LogP contribution < -0.4 is 0 Å². The molecule has 0 amide bonds. The molecule has 0 heterocycles. The van der Waals surface area contributed by atoms with Crippen LogP contribution in [0.2, 0.25) is 0 Å². The van der Waals surface area contributed by atoms with Gasteiger partial charge in [-0.05, 0) is 116 Å². The van der Waals surface area contributed by atoms with E-state index < -0.39 is 0 Å². The van der Waals surface area contributed by atoms with Gasteiger partial charge in [0.15, 0.2) is 0 Å². The molecule has 1 N–H and O–H groups in total. The standard InChI is InChI=1S/C27H46Br2O/c1-17(6-5-7-18(2)25(28)29)22-10-11-23-21-9-8-19-16-20(30)12-14-26(19,3)24(21)13-15-27(22,23)4/h17-25,30H,5-16H2,1-4H3/t17-,18?,19?,20?,21+,22-,23+,24+,26+,27-/m1/s1. The number of halogens is 2. The van der Waals surface area contributed by atoms with Crippen LogP contribution >= 0.6 is 31.9 Å². The zero-order chi connectivity index (χ0) is 21.7. The summed E-state index contributed by atoms with van der Waals surface area (Å²) in [4.78, 5) is 0. The van der Waals surface area contributed by atoms with E-state index in [9.17, 15) is 5.11 Å². The van der Waals surface area contributed by atoms with Crippen LogP contribution in [0.25, 0.3) is 0 Å². The fourth-order valence-corrected chi connectivity index (χ4v) is 9.83. The molecular formula is C27H46Br2O. The molecule has 0 aromatic rings. The maximum Gasteiger partial charge on any atom is 0.0723 e. The molecule has 0 bridgehead atoms. The minimum Gasteiger partial charge on any atom is -0.393 e. The Kier molecular flexibility index (Phi) is 7.44. The molecule has 1 nitrogen and oxygen atoms in total. The van der Waals surface area contributed by atoms with E-state index in [0.717, 1.165) is 48.3 Å². The van der Waals surface area contributed by atoms with Gasteiger partial charge in [0.05, 0.1) is 9.84 Å². The van der Waals surface area contributed by atoms with Crippen molar-refractivity contribution in [1.82, 2.24) is 0 Å². The highest BCUT2D eigenvalue weighted by atomic mass is 79.9. The average molecular weight is 546 g/mol. The van der Waals surface area contributed by atoms with E-state index in [1.165, 1.54) is 64.2 Å². The lowest BCUT2D eigenvalue weighted by Crippen LogP contribution is -2.54. The second-order valence-corrected chi connectivity index (χ2v) is 15.7. The summed E-state index contributed by atoms with van der Waals surface area (Å²) in [7, 11) is 0. The van der Waals surface area contributed by atoms with Crippen LogP contribution in [0.15, 0.2) is 0 Å². The van der Waals surface area contributed by atoms with Gasteiger partial charge >= 0.3 is 0 Å². The third kappa shape index (κ3) is 4.24. The van der Waals surface area contributed by atoms with Crippen molar-refractivity contribution in [2.45, 2.75) is 115 Å². The van der Waals surface area contributed by atoms with Crippen molar-refractivity contribution in [2.24, 2.45) is 52.3 Å². The Labute approximate surface area is 203 Å². The van der Waals surface area contributed by atoms with Crippen molar-refractivity contribution in [1.29, 1.82) is 0 Å². The fourth-order valence-electron chi connectivity index (χ4n) is 9.30. The summed E-state index contributed by atoms with van der Waals surface area (Å²) in [6.45, 7) is 10.3. The summed E-state index contributed by atoms with van der Waals surface area (Å²) in [5, 5.41) is 10.3. The van der Waals surface area contributed by atoms with Crippen molar-refractivity contribution in [3.8, 4) is 0 Å². The lowest BCUT2D eigenvalue weighted by Gasteiger charge is -2.61. The summed E-state index contributed by atoms with van der Waals surface area (Å²) in [5.74, 6) is 6.21. The molecule has 4 saturated carbocycles. The van der Waals surface area contributed by atoms with Crippen LogP contribution in [-0.2, 0) is 0 Å². The Morgan fingerprint density at radius 3 is 2.30 bits per heavy atom. The molecule has 4 rings (SSSR count). The van der Waals surface area contributed by atoms with Gasteiger partial charge in [-0.2, -0.15) is 0 Å². The zero-order valence-electron chi connectivity index (χ0n) is 19.9. The third-order valence-electron chi connectivity index (χ3n) is 11.1. The van der Waals surface area contributed by atoms with E-state index in [0.29, 0.717) is 20.5 Å². The van der Waals surface area contributed by atoms with Crippen molar-refractivity contribution in [3.05, 3.63) is 0 Å². The first-order valence-corrected chi connectivity index (χ1v) is 15.0. The molecule has 4 aliphatic carbocycles. The number of hydrogen-bond donors (Lipinski definition) is 1. The van der Waals surface area contributed by atoms with Crippen molar-refractivity contribution < 1.29 is 5.11 Å². The number of aliphatic hydroxyl groups excluding tert-OH is 1. The first kappa shape index (κ1) is 24.1. The zero-order valence-corrected chi connectivity index (χ0v) is 23.1. The van der Waals surface area contributed by atoms with Crippen molar-refractivity contribution in [3.63, 3.8) is 0 Å². The van der Waals surface area contributed by atoms with Gasteiger partial charge in [-0.15, -0.1) is 0 Å². The lowest BCUT2D eigenvalue weighted by molar-refractivity contribution is -0.129. The van der Waals surface area contributed by atoms with Crippen LogP contribution in [0.5, 0.6) is 0 Å². The minimum atomic E-state index is -0.0164. The Morgan fingerprint density at radius 2 is 1.57 bits per heavy atom. The van der Waals surface area contributed by atoms with Crippen molar-refractivity contribution >= 4 is 31.9 Å². The molecule has 0 saturated heterocycles. The van der Waals surface area contributed by atoms with Gasteiger partial charge in [-0.3, -0.25) is 0 Å². The number of rotatable bonds is 6. The molecule has 10 atom stereocenters. The molecule has 0 radical (unpaired) electrons. The molecule has 0 spiro atoms. The number of alkyl halides is 2. The van der Waals surface area contributed by atoms with Crippen LogP contribution in [0.1, 0.15) is 105 Å². The quantitative estimate of drug-likeness (QED) is 0.331. The molecular weight excluding hydrogens is 500 g/mol. The van der Waals surface area contributed by atoms with Gasteiger partial charge in [0.25, 0.3) is 0 Å². The Balaban J connectivity index is 1.41. The summed E-state index contributed by atoms with van der Waals surface area (Å²) in [6.07, 6.45) is 16.3. The largest absolute Gasteiger partial charge is 0.393 e. The predicted molar refractivity (Wildman–Crippen MR) is 135 cm³/mol. The number of aliphatic hydroxyl groups is 1. The summed E-state index contributed by atoms with van der Waals surface area (Å²) < 4.78 is 0.460. The SMILES string of the molecule is CC(CCC[C@@H](C)[C@H]1CC[C@H]2[C@@H]3CCC4CC(O)CC[C@]4(C)[C@H]3CC[C@]12C)C(Br)Br. The first-order valence-electron chi connectivity index (χ1n) is 13.1. The Hall–Kier alpha value is 0.920. The van der Waals surface area contributed by atoms with Gasteiger partial charge in [0.2, 0.25) is 0 Å². The van der Waals surface area contributed by atoms with Gasteiger partial charge < -0.3 is 5.11 Å². The monoisotopic (exact) mass is 544 g/mol. The van der Waals surface area contributed by atoms with E-state index in [-0.39, 0.29) is 6.10 Å². The number of hydrogen-bond acceptors (Lipinski definition) is 1. The van der Waals surface area contributed by atoms with Crippen LogP contribution in [0, 0.1) is 52.3 Å². The second kappa shape index (κ2) is 9.28. The van der Waals surface area contributed by atoms with Crippen LogP contribution in [0.3, 0.4) is 0 Å². The van der Waals surface area contributed by atoms with Gasteiger partial charge in [-0.25, -0.2) is 0 Å². The topological polar surface area (TPSA) is 20.2 Å². The lowest BCUT2D eigenvalue weighted by atomic mass is 9.44. The minimum absolute atomic E-state index is 0.0164. The molecule has 3 unspecified atom stereocenters. The van der Waals surface area contributed by atoms with Gasteiger partial charge in [-0.1, -0.05) is 72.4 Å². The predicted octanol–water partition coefficient (Wildman–Crippen LogP) is 8.56. The van der Waals surface area contributed by atoms with E-state index in [1.807, 2.05) is 0 Å². The van der Waals surface area contributed by atoms with Gasteiger partial charge in [0, 0.05) is 0 Å². The van der Waals surface area contributed by atoms with E-state index in [4.69, 9.17) is 0 Å². The van der Waals surface area contributed by atoms with Crippen LogP contribution in [-0.4, -0.2) is 14.9 Å². The highest BCUT2D eigenvalue weighted by molar-refractivity contribution is 9.24. The Morgan fingerprint density at radius 1 is 0.867 bits per heavy atom. The smallest absolute Gasteiger partial charge is 0.0723 e. The second-order valence-electron chi connectivity index (χ2n) is 12.5. The maximum absolute atomic E-state index is 10.3. The maximum atomic E-state index is 10.3. The third-order valence-corrected chi connectivity index (χ3v) is 13.0. The Bertz CT molecular complexity index is 593. The van der Waals surface area contributed by atoms with E-state index in [2.05, 4.69) is 59.6 Å². The summed E-state index contributed by atoms with van der Waals surface area (Å²) in [6, 6.07) is 0. The molecule has 30 heavy (non-hydrogen) atoms. The summed E-state index contributed by atoms with van der Waals surface area (Å²) >= 11 is 7.39. The number of fused-ring (bicyclic) bond motifs is 5. The molecule has 0 aromatic heterocycles. The molecule has 174 valence electrons. The highest BCUT2D eigenvalue weighted by Gasteiger charge is 2.60.